The molecule has 1 fully saturated rings. The minimum Gasteiger partial charge on any atom is -0.456 e. The minimum absolute atomic E-state index is 0.164. The second kappa shape index (κ2) is 10.1. The van der Waals surface area contributed by atoms with Crippen molar-refractivity contribution in [1.82, 2.24) is 10.2 Å². The van der Waals surface area contributed by atoms with E-state index in [2.05, 4.69) is 10.3 Å². The molecule has 1 aromatic carbocycles. The second-order valence-electron chi connectivity index (χ2n) is 8.01. The summed E-state index contributed by atoms with van der Waals surface area (Å²) in [6, 6.07) is 7.35. The number of guanidine groups is 1. The van der Waals surface area contributed by atoms with Crippen LogP contribution in [0, 0.1) is 0 Å². The molecule has 3 N–H and O–H groups in total. The standard InChI is InChI=1S/C21H32N4O4/c1-5-28-20(27)25-11-9-17(10-12-25)24-19(22)23-14-15-7-6-8-16(13-15)18(26)29-21(2,3)4/h6-8,13,17H,5,9-12,14H2,1-4H3,(H3,22,23,24). The van der Waals surface area contributed by atoms with Crippen molar-refractivity contribution in [3.63, 3.8) is 0 Å². The van der Waals surface area contributed by atoms with Gasteiger partial charge in [0.2, 0.25) is 0 Å². The summed E-state index contributed by atoms with van der Waals surface area (Å²) in [7, 11) is 0. The molecule has 0 spiro atoms. The molecule has 1 aliphatic heterocycles. The average Bonchev–Trinajstić information content (AvgIpc) is 2.66. The molecular weight excluding hydrogens is 372 g/mol. The third-order valence-electron chi connectivity index (χ3n) is 4.37. The highest BCUT2D eigenvalue weighted by molar-refractivity contribution is 5.89. The predicted molar refractivity (Wildman–Crippen MR) is 112 cm³/mol. The van der Waals surface area contributed by atoms with E-state index in [0.717, 1.165) is 18.4 Å². The maximum atomic E-state index is 12.2. The Balaban J connectivity index is 1.85. The molecule has 8 heteroatoms. The largest absolute Gasteiger partial charge is 0.456 e. The lowest BCUT2D eigenvalue weighted by Gasteiger charge is -2.31. The van der Waals surface area contributed by atoms with E-state index in [0.29, 0.717) is 37.8 Å². The van der Waals surface area contributed by atoms with E-state index in [-0.39, 0.29) is 18.1 Å². The zero-order valence-electron chi connectivity index (χ0n) is 17.7. The van der Waals surface area contributed by atoms with E-state index in [1.807, 2.05) is 26.8 Å². The Labute approximate surface area is 172 Å². The van der Waals surface area contributed by atoms with Crippen LogP contribution < -0.4 is 11.1 Å². The Morgan fingerprint density at radius 2 is 1.97 bits per heavy atom. The summed E-state index contributed by atoms with van der Waals surface area (Å²) < 4.78 is 10.4. The molecule has 1 heterocycles. The number of hydrogen-bond acceptors (Lipinski definition) is 5. The van der Waals surface area contributed by atoms with Gasteiger partial charge in [-0.2, -0.15) is 0 Å². The second-order valence-corrected chi connectivity index (χ2v) is 8.01. The Kier molecular flexibility index (Phi) is 7.87. The number of carbonyl (C=O) groups excluding carboxylic acids is 2. The van der Waals surface area contributed by atoms with Gasteiger partial charge in [0.1, 0.15) is 5.60 Å². The lowest BCUT2D eigenvalue weighted by molar-refractivity contribution is 0.00693. The monoisotopic (exact) mass is 404 g/mol. The maximum absolute atomic E-state index is 12.2. The van der Waals surface area contributed by atoms with Crippen LogP contribution in [0.3, 0.4) is 0 Å². The van der Waals surface area contributed by atoms with E-state index < -0.39 is 5.60 Å². The van der Waals surface area contributed by atoms with Crippen molar-refractivity contribution in [3.05, 3.63) is 35.4 Å². The molecule has 2 rings (SSSR count). The Bertz CT molecular complexity index is 734. The summed E-state index contributed by atoms with van der Waals surface area (Å²) in [5.74, 6) is -0.00922. The van der Waals surface area contributed by atoms with Crippen LogP contribution in [0.15, 0.2) is 29.3 Å². The zero-order chi connectivity index (χ0) is 21.4. The molecule has 0 aromatic heterocycles. The fraction of sp³-hybridized carbons (Fsp3) is 0.571. The van der Waals surface area contributed by atoms with Gasteiger partial charge in [-0.1, -0.05) is 12.1 Å². The van der Waals surface area contributed by atoms with Gasteiger partial charge in [-0.25, -0.2) is 14.6 Å². The molecule has 0 aliphatic carbocycles. The number of hydrogen-bond donors (Lipinski definition) is 2. The molecule has 0 atom stereocenters. The van der Waals surface area contributed by atoms with Crippen LogP contribution in [0.25, 0.3) is 0 Å². The van der Waals surface area contributed by atoms with Crippen LogP contribution in [0.5, 0.6) is 0 Å². The molecule has 0 bridgehead atoms. The summed E-state index contributed by atoms with van der Waals surface area (Å²) in [6.07, 6.45) is 1.30. The number of nitrogens with zero attached hydrogens (tertiary/aromatic N) is 2. The fourth-order valence-corrected chi connectivity index (χ4v) is 2.99. The fourth-order valence-electron chi connectivity index (χ4n) is 2.99. The number of esters is 1. The molecule has 29 heavy (non-hydrogen) atoms. The van der Waals surface area contributed by atoms with E-state index in [4.69, 9.17) is 15.2 Å². The van der Waals surface area contributed by atoms with Gasteiger partial charge in [0.25, 0.3) is 0 Å². The highest BCUT2D eigenvalue weighted by Crippen LogP contribution is 2.14. The smallest absolute Gasteiger partial charge is 0.409 e. The molecule has 1 aliphatic rings. The van der Waals surface area contributed by atoms with E-state index in [1.165, 1.54) is 0 Å². The average molecular weight is 405 g/mol. The van der Waals surface area contributed by atoms with Gasteiger partial charge < -0.3 is 25.4 Å². The molecule has 8 nitrogen and oxygen atoms in total. The number of amides is 1. The van der Waals surface area contributed by atoms with Crippen LogP contribution in [0.1, 0.15) is 56.5 Å². The summed E-state index contributed by atoms with van der Waals surface area (Å²) in [5, 5.41) is 3.21. The molecule has 0 radical (unpaired) electrons. The van der Waals surface area contributed by atoms with Gasteiger partial charge in [-0.15, -0.1) is 0 Å². The van der Waals surface area contributed by atoms with Crippen molar-refractivity contribution < 1.29 is 19.1 Å². The predicted octanol–water partition coefficient (Wildman–Crippen LogP) is 2.67. The number of benzene rings is 1. The Hall–Kier alpha value is -2.77. The zero-order valence-corrected chi connectivity index (χ0v) is 17.7. The third-order valence-corrected chi connectivity index (χ3v) is 4.37. The normalized spacial score (nSPS) is 15.7. The highest BCUT2D eigenvalue weighted by atomic mass is 16.6. The lowest BCUT2D eigenvalue weighted by atomic mass is 10.1. The van der Waals surface area contributed by atoms with Crippen molar-refractivity contribution in [2.45, 2.75) is 58.7 Å². The highest BCUT2D eigenvalue weighted by Gasteiger charge is 2.23. The number of piperidine rings is 1. The summed E-state index contributed by atoms with van der Waals surface area (Å²) in [5.41, 5.74) is 6.84. The minimum atomic E-state index is -0.539. The first-order valence-corrected chi connectivity index (χ1v) is 9.98. The van der Waals surface area contributed by atoms with Gasteiger partial charge in [-0.05, 0) is 58.2 Å². The number of nitrogens with two attached hydrogens (primary N) is 1. The Morgan fingerprint density at radius 3 is 2.59 bits per heavy atom. The van der Waals surface area contributed by atoms with Crippen molar-refractivity contribution in [2.24, 2.45) is 10.7 Å². The van der Waals surface area contributed by atoms with Crippen molar-refractivity contribution >= 4 is 18.0 Å². The molecule has 1 saturated heterocycles. The first kappa shape index (κ1) is 22.5. The van der Waals surface area contributed by atoms with Crippen molar-refractivity contribution in [3.8, 4) is 0 Å². The lowest BCUT2D eigenvalue weighted by Crippen LogP contribution is -2.48. The van der Waals surface area contributed by atoms with Gasteiger partial charge in [0, 0.05) is 19.1 Å². The molecule has 0 unspecified atom stereocenters. The quantitative estimate of drug-likeness (QED) is 0.444. The van der Waals surface area contributed by atoms with E-state index in [9.17, 15) is 9.59 Å². The van der Waals surface area contributed by atoms with E-state index in [1.54, 1.807) is 30.0 Å². The molecular formula is C21H32N4O4. The summed E-state index contributed by atoms with van der Waals surface area (Å²) >= 11 is 0. The topological polar surface area (TPSA) is 106 Å². The van der Waals surface area contributed by atoms with E-state index >= 15 is 0 Å². The number of carbonyl (C=O) groups is 2. The van der Waals surface area contributed by atoms with Crippen molar-refractivity contribution in [1.29, 1.82) is 0 Å². The van der Waals surface area contributed by atoms with Crippen LogP contribution in [-0.4, -0.2) is 54.3 Å². The van der Waals surface area contributed by atoms with Gasteiger partial charge in [0.15, 0.2) is 5.96 Å². The van der Waals surface area contributed by atoms with Crippen LogP contribution in [0.2, 0.25) is 0 Å². The number of ether oxygens (including phenoxy) is 2. The maximum Gasteiger partial charge on any atom is 0.409 e. The number of likely N-dealkylation sites (tertiary alicyclic amines) is 1. The van der Waals surface area contributed by atoms with Crippen molar-refractivity contribution in [2.75, 3.05) is 19.7 Å². The molecule has 1 amide bonds. The number of nitrogens with one attached hydrogen (secondary N) is 1. The Morgan fingerprint density at radius 1 is 1.28 bits per heavy atom. The SMILES string of the molecule is CCOC(=O)N1CCC(NC(N)=NCc2cccc(C(=O)OC(C)(C)C)c2)CC1. The number of rotatable bonds is 5. The van der Waals surface area contributed by atoms with Crippen LogP contribution in [-0.2, 0) is 16.0 Å². The van der Waals surface area contributed by atoms with Crippen LogP contribution in [0.4, 0.5) is 4.79 Å². The molecule has 1 aromatic rings. The molecule has 0 saturated carbocycles. The van der Waals surface area contributed by atoms with Gasteiger partial charge >= 0.3 is 12.1 Å². The van der Waals surface area contributed by atoms with Crippen LogP contribution >= 0.6 is 0 Å². The molecule has 160 valence electrons. The first-order chi connectivity index (χ1) is 13.7. The summed E-state index contributed by atoms with van der Waals surface area (Å²) in [6.45, 7) is 9.30. The number of aliphatic imine (C=N–C) groups is 1. The van der Waals surface area contributed by atoms with Gasteiger partial charge in [-0.3, -0.25) is 0 Å². The third kappa shape index (κ3) is 7.63. The van der Waals surface area contributed by atoms with Gasteiger partial charge in [0.05, 0.1) is 18.7 Å². The first-order valence-electron chi connectivity index (χ1n) is 9.98. The summed E-state index contributed by atoms with van der Waals surface area (Å²) in [4.78, 5) is 30.0.